The SMILES string of the molecule is Cc1noc(C)c1S(=O)(=O)Oc1ccccc1C(=O)NCc1ccccc1. The van der Waals surface area contributed by atoms with Gasteiger partial charge in [0, 0.05) is 6.54 Å². The first-order chi connectivity index (χ1) is 12.9. The maximum atomic E-state index is 12.6. The van der Waals surface area contributed by atoms with Crippen LogP contribution in [-0.2, 0) is 16.7 Å². The van der Waals surface area contributed by atoms with E-state index < -0.39 is 16.0 Å². The van der Waals surface area contributed by atoms with E-state index in [4.69, 9.17) is 8.71 Å². The molecule has 27 heavy (non-hydrogen) atoms. The summed E-state index contributed by atoms with van der Waals surface area (Å²) in [7, 11) is -4.19. The second-order valence-corrected chi connectivity index (χ2v) is 7.34. The second-order valence-electron chi connectivity index (χ2n) is 5.86. The Labute approximate surface area is 157 Å². The fourth-order valence-electron chi connectivity index (χ4n) is 2.59. The molecule has 0 aliphatic rings. The van der Waals surface area contributed by atoms with E-state index in [1.54, 1.807) is 12.1 Å². The average molecular weight is 386 g/mol. The Balaban J connectivity index is 1.83. The van der Waals surface area contributed by atoms with E-state index in [-0.39, 0.29) is 27.7 Å². The number of aromatic nitrogens is 1. The van der Waals surface area contributed by atoms with Gasteiger partial charge < -0.3 is 14.0 Å². The van der Waals surface area contributed by atoms with Crippen LogP contribution >= 0.6 is 0 Å². The summed E-state index contributed by atoms with van der Waals surface area (Å²) in [4.78, 5) is 12.4. The van der Waals surface area contributed by atoms with Gasteiger partial charge in [0.25, 0.3) is 5.91 Å². The second kappa shape index (κ2) is 7.63. The monoisotopic (exact) mass is 386 g/mol. The van der Waals surface area contributed by atoms with Crippen LogP contribution in [0.1, 0.15) is 27.4 Å². The van der Waals surface area contributed by atoms with Crippen molar-refractivity contribution in [3.05, 3.63) is 77.2 Å². The molecule has 0 saturated carbocycles. The Morgan fingerprint density at radius 2 is 1.74 bits per heavy atom. The molecule has 0 saturated heterocycles. The van der Waals surface area contributed by atoms with Crippen molar-refractivity contribution in [2.24, 2.45) is 0 Å². The third kappa shape index (κ3) is 4.17. The highest BCUT2D eigenvalue weighted by Crippen LogP contribution is 2.26. The van der Waals surface area contributed by atoms with Gasteiger partial charge in [-0.25, -0.2) is 0 Å². The number of amides is 1. The minimum absolute atomic E-state index is 0.0666. The highest BCUT2D eigenvalue weighted by Gasteiger charge is 2.28. The third-order valence-electron chi connectivity index (χ3n) is 3.84. The fourth-order valence-corrected chi connectivity index (χ4v) is 3.85. The van der Waals surface area contributed by atoms with Crippen LogP contribution < -0.4 is 9.50 Å². The van der Waals surface area contributed by atoms with Crippen molar-refractivity contribution in [1.29, 1.82) is 0 Å². The number of nitrogens with one attached hydrogen (secondary N) is 1. The largest absolute Gasteiger partial charge is 0.378 e. The number of carbonyl (C=O) groups excluding carboxylic acids is 1. The van der Waals surface area contributed by atoms with Gasteiger partial charge in [-0.05, 0) is 31.5 Å². The standard InChI is InChI=1S/C19H18N2O5S/c1-13-18(14(2)25-21-13)27(23,24)26-17-11-7-6-10-16(17)19(22)20-12-15-8-4-3-5-9-15/h3-11H,12H2,1-2H3,(H,20,22). The molecule has 1 aromatic heterocycles. The van der Waals surface area contributed by atoms with Crippen LogP contribution in [-0.4, -0.2) is 19.5 Å². The van der Waals surface area contributed by atoms with Crippen LogP contribution in [0.3, 0.4) is 0 Å². The Hall–Kier alpha value is -3.13. The van der Waals surface area contributed by atoms with E-state index in [9.17, 15) is 13.2 Å². The van der Waals surface area contributed by atoms with Gasteiger partial charge in [0.1, 0.15) is 5.69 Å². The first kappa shape index (κ1) is 18.7. The number of aryl methyl sites for hydroxylation is 2. The predicted octanol–water partition coefficient (Wildman–Crippen LogP) is 2.99. The van der Waals surface area contributed by atoms with Crippen molar-refractivity contribution in [1.82, 2.24) is 10.5 Å². The summed E-state index contributed by atoms with van der Waals surface area (Å²) in [6, 6.07) is 15.5. The summed E-state index contributed by atoms with van der Waals surface area (Å²) in [5.74, 6) is -0.384. The highest BCUT2D eigenvalue weighted by molar-refractivity contribution is 7.87. The quantitative estimate of drug-likeness (QED) is 0.654. The first-order valence-electron chi connectivity index (χ1n) is 8.17. The van der Waals surface area contributed by atoms with E-state index in [1.165, 1.54) is 26.0 Å². The number of benzene rings is 2. The molecule has 0 atom stereocenters. The van der Waals surface area contributed by atoms with E-state index in [0.717, 1.165) is 5.56 Å². The number of para-hydroxylation sites is 1. The Morgan fingerprint density at radius 3 is 2.41 bits per heavy atom. The maximum Gasteiger partial charge on any atom is 0.344 e. The first-order valence-corrected chi connectivity index (χ1v) is 9.58. The predicted molar refractivity (Wildman–Crippen MR) is 97.8 cm³/mol. The molecule has 0 radical (unpaired) electrons. The van der Waals surface area contributed by atoms with Gasteiger partial charge in [-0.1, -0.05) is 47.6 Å². The van der Waals surface area contributed by atoms with Crippen LogP contribution in [0, 0.1) is 13.8 Å². The van der Waals surface area contributed by atoms with Gasteiger partial charge in [0.15, 0.2) is 16.4 Å². The number of hydrogen-bond donors (Lipinski definition) is 1. The molecule has 2 aromatic carbocycles. The lowest BCUT2D eigenvalue weighted by atomic mass is 10.1. The summed E-state index contributed by atoms with van der Waals surface area (Å²) in [5.41, 5.74) is 1.23. The Morgan fingerprint density at radius 1 is 1.07 bits per heavy atom. The van der Waals surface area contributed by atoms with Crippen LogP contribution in [0.5, 0.6) is 5.75 Å². The molecular weight excluding hydrogens is 368 g/mol. The zero-order valence-electron chi connectivity index (χ0n) is 14.8. The molecule has 140 valence electrons. The fraction of sp³-hybridized carbons (Fsp3) is 0.158. The molecule has 0 spiro atoms. The van der Waals surface area contributed by atoms with Gasteiger partial charge in [0.05, 0.1) is 5.56 Å². The van der Waals surface area contributed by atoms with Crippen molar-refractivity contribution in [2.45, 2.75) is 25.3 Å². The topological polar surface area (TPSA) is 98.5 Å². The van der Waals surface area contributed by atoms with Crippen molar-refractivity contribution >= 4 is 16.0 Å². The highest BCUT2D eigenvalue weighted by atomic mass is 32.2. The molecule has 8 heteroatoms. The number of hydrogen-bond acceptors (Lipinski definition) is 6. The lowest BCUT2D eigenvalue weighted by Crippen LogP contribution is -2.24. The Kier molecular flexibility index (Phi) is 5.27. The summed E-state index contributed by atoms with van der Waals surface area (Å²) in [6.07, 6.45) is 0. The molecular formula is C19H18N2O5S. The van der Waals surface area contributed by atoms with Gasteiger partial charge in [0.2, 0.25) is 0 Å². The normalized spacial score (nSPS) is 11.2. The molecule has 1 amide bonds. The molecule has 3 aromatic rings. The van der Waals surface area contributed by atoms with Gasteiger partial charge in [-0.15, -0.1) is 0 Å². The maximum absolute atomic E-state index is 12.6. The zero-order valence-corrected chi connectivity index (χ0v) is 15.6. The van der Waals surface area contributed by atoms with E-state index >= 15 is 0 Å². The molecule has 0 aliphatic heterocycles. The Bertz CT molecular complexity index is 1040. The van der Waals surface area contributed by atoms with Crippen LogP contribution in [0.25, 0.3) is 0 Å². The minimum atomic E-state index is -4.19. The zero-order chi connectivity index (χ0) is 19.4. The summed E-state index contributed by atoms with van der Waals surface area (Å²) >= 11 is 0. The third-order valence-corrected chi connectivity index (χ3v) is 5.33. The molecule has 7 nitrogen and oxygen atoms in total. The lowest BCUT2D eigenvalue weighted by molar-refractivity contribution is 0.0949. The summed E-state index contributed by atoms with van der Waals surface area (Å²) in [6.45, 7) is 3.30. The van der Waals surface area contributed by atoms with Crippen molar-refractivity contribution in [3.8, 4) is 5.75 Å². The molecule has 1 N–H and O–H groups in total. The smallest absolute Gasteiger partial charge is 0.344 e. The van der Waals surface area contributed by atoms with Gasteiger partial charge in [-0.2, -0.15) is 8.42 Å². The molecule has 0 aliphatic carbocycles. The van der Waals surface area contributed by atoms with Gasteiger partial charge in [-0.3, -0.25) is 4.79 Å². The van der Waals surface area contributed by atoms with Crippen molar-refractivity contribution < 1.29 is 21.9 Å². The molecule has 0 fully saturated rings. The molecule has 3 rings (SSSR count). The van der Waals surface area contributed by atoms with E-state index in [1.807, 2.05) is 30.3 Å². The van der Waals surface area contributed by atoms with Crippen LogP contribution in [0.4, 0.5) is 0 Å². The van der Waals surface area contributed by atoms with Crippen molar-refractivity contribution in [3.63, 3.8) is 0 Å². The molecule has 0 unspecified atom stereocenters. The number of nitrogens with zero attached hydrogens (tertiary/aromatic N) is 1. The van der Waals surface area contributed by atoms with E-state index in [0.29, 0.717) is 6.54 Å². The van der Waals surface area contributed by atoms with Crippen LogP contribution in [0.15, 0.2) is 64.0 Å². The van der Waals surface area contributed by atoms with Crippen molar-refractivity contribution in [2.75, 3.05) is 0 Å². The number of rotatable bonds is 6. The van der Waals surface area contributed by atoms with Crippen LogP contribution in [0.2, 0.25) is 0 Å². The summed E-state index contributed by atoms with van der Waals surface area (Å²) < 4.78 is 35.3. The van der Waals surface area contributed by atoms with Gasteiger partial charge >= 0.3 is 10.1 Å². The lowest BCUT2D eigenvalue weighted by Gasteiger charge is -2.11. The molecule has 0 bridgehead atoms. The number of carbonyl (C=O) groups is 1. The van der Waals surface area contributed by atoms with E-state index in [2.05, 4.69) is 10.5 Å². The average Bonchev–Trinajstić information content (AvgIpc) is 3.00. The summed E-state index contributed by atoms with van der Waals surface area (Å²) in [5, 5.41) is 6.39. The minimum Gasteiger partial charge on any atom is -0.378 e. The molecule has 1 heterocycles.